The monoisotopic (exact) mass is 387 g/mol. The summed E-state index contributed by atoms with van der Waals surface area (Å²) in [7, 11) is 2.93. The molecule has 2 aromatic rings. The largest absolute Gasteiger partial charge is 0.497 e. The quantitative estimate of drug-likeness (QED) is 0.349. The molecular formula is C18H14ClN3O5. The third-order valence-electron chi connectivity index (χ3n) is 3.51. The van der Waals surface area contributed by atoms with Crippen molar-refractivity contribution in [2.45, 2.75) is 0 Å². The number of nitro groups is 1. The molecule has 27 heavy (non-hydrogen) atoms. The molecule has 0 heterocycles. The summed E-state index contributed by atoms with van der Waals surface area (Å²) in [6.07, 6.45) is 1.30. The molecule has 0 radical (unpaired) electrons. The molecule has 0 fully saturated rings. The maximum atomic E-state index is 12.4. The lowest BCUT2D eigenvalue weighted by Crippen LogP contribution is -2.14. The first-order valence-corrected chi connectivity index (χ1v) is 7.86. The fraction of sp³-hybridized carbons (Fsp3) is 0.111. The Morgan fingerprint density at radius 3 is 2.59 bits per heavy atom. The van der Waals surface area contributed by atoms with Crippen LogP contribution < -0.4 is 14.8 Å². The number of nitriles is 1. The molecule has 1 N–H and O–H groups in total. The molecule has 0 bridgehead atoms. The average Bonchev–Trinajstić information content (AvgIpc) is 2.66. The Bertz CT molecular complexity index is 966. The number of nitrogens with one attached hydrogen (secondary N) is 1. The molecular weight excluding hydrogens is 374 g/mol. The molecule has 1 amide bonds. The van der Waals surface area contributed by atoms with Gasteiger partial charge in [-0.15, -0.1) is 0 Å². The van der Waals surface area contributed by atoms with E-state index in [2.05, 4.69) is 5.32 Å². The van der Waals surface area contributed by atoms with E-state index in [4.69, 9.17) is 21.1 Å². The first-order chi connectivity index (χ1) is 12.9. The van der Waals surface area contributed by atoms with E-state index in [1.807, 2.05) is 0 Å². The minimum Gasteiger partial charge on any atom is -0.497 e. The topological polar surface area (TPSA) is 114 Å². The van der Waals surface area contributed by atoms with Gasteiger partial charge < -0.3 is 14.8 Å². The lowest BCUT2D eigenvalue weighted by atomic mass is 10.1. The highest BCUT2D eigenvalue weighted by molar-refractivity contribution is 6.31. The predicted molar refractivity (Wildman–Crippen MR) is 99.9 cm³/mol. The Morgan fingerprint density at radius 1 is 1.26 bits per heavy atom. The Kier molecular flexibility index (Phi) is 6.36. The maximum Gasteiger partial charge on any atom is 0.294 e. The third kappa shape index (κ3) is 4.74. The van der Waals surface area contributed by atoms with E-state index in [9.17, 15) is 20.2 Å². The smallest absolute Gasteiger partial charge is 0.294 e. The van der Waals surface area contributed by atoms with Gasteiger partial charge in [0.1, 0.15) is 28.8 Å². The van der Waals surface area contributed by atoms with Crippen molar-refractivity contribution in [3.8, 4) is 17.6 Å². The van der Waals surface area contributed by atoms with Gasteiger partial charge in [0.25, 0.3) is 11.6 Å². The van der Waals surface area contributed by atoms with Gasteiger partial charge in [-0.2, -0.15) is 5.26 Å². The number of nitro benzene ring substituents is 1. The Labute approximate surface area is 159 Å². The van der Waals surface area contributed by atoms with Gasteiger partial charge in [0.05, 0.1) is 19.1 Å². The van der Waals surface area contributed by atoms with E-state index in [0.717, 1.165) is 6.07 Å². The van der Waals surface area contributed by atoms with E-state index >= 15 is 0 Å². The Hall–Kier alpha value is -3.57. The molecule has 138 valence electrons. The van der Waals surface area contributed by atoms with Gasteiger partial charge in [0.2, 0.25) is 0 Å². The van der Waals surface area contributed by atoms with Crippen LogP contribution in [0.2, 0.25) is 5.02 Å². The summed E-state index contributed by atoms with van der Waals surface area (Å²) in [5.41, 5.74) is -0.291. The van der Waals surface area contributed by atoms with Crippen LogP contribution in [0.4, 0.5) is 11.4 Å². The number of hydrogen-bond donors (Lipinski definition) is 1. The van der Waals surface area contributed by atoms with Gasteiger partial charge in [-0.25, -0.2) is 0 Å². The van der Waals surface area contributed by atoms with Crippen LogP contribution >= 0.6 is 11.6 Å². The average molecular weight is 388 g/mol. The molecule has 8 nitrogen and oxygen atoms in total. The van der Waals surface area contributed by atoms with E-state index < -0.39 is 10.8 Å². The molecule has 0 saturated heterocycles. The number of methoxy groups -OCH3 is 2. The second-order valence-electron chi connectivity index (χ2n) is 5.15. The SMILES string of the molecule is COc1ccc(OC)c(/C=C(\C#N)C(=O)Nc2ccc(Cl)cc2[N+](=O)[O-])c1. The van der Waals surface area contributed by atoms with Gasteiger partial charge >= 0.3 is 0 Å². The van der Waals surface area contributed by atoms with Gasteiger partial charge in [0, 0.05) is 16.7 Å². The minimum atomic E-state index is -0.812. The predicted octanol–water partition coefficient (Wildman–Crippen LogP) is 3.81. The number of amides is 1. The molecule has 0 spiro atoms. The number of anilines is 1. The van der Waals surface area contributed by atoms with Crippen LogP contribution in [-0.4, -0.2) is 25.1 Å². The number of benzene rings is 2. The second-order valence-corrected chi connectivity index (χ2v) is 5.59. The van der Waals surface area contributed by atoms with Crippen molar-refractivity contribution in [3.05, 3.63) is 62.7 Å². The standard InChI is InChI=1S/C18H14ClN3O5/c1-26-14-4-6-17(27-2)11(8-14)7-12(10-20)18(23)21-15-5-3-13(19)9-16(15)22(24)25/h3-9H,1-2H3,(H,21,23)/b12-7+. The molecule has 0 aliphatic rings. The lowest BCUT2D eigenvalue weighted by molar-refractivity contribution is -0.383. The van der Waals surface area contributed by atoms with Crippen LogP contribution in [0.1, 0.15) is 5.56 Å². The van der Waals surface area contributed by atoms with Crippen LogP contribution in [0.15, 0.2) is 42.0 Å². The molecule has 0 atom stereocenters. The first-order valence-electron chi connectivity index (χ1n) is 7.48. The summed E-state index contributed by atoms with van der Waals surface area (Å²) >= 11 is 5.75. The molecule has 0 aliphatic carbocycles. The summed E-state index contributed by atoms with van der Waals surface area (Å²) in [4.78, 5) is 22.9. The van der Waals surface area contributed by atoms with Crippen molar-refractivity contribution in [2.75, 3.05) is 19.5 Å². The highest BCUT2D eigenvalue weighted by Crippen LogP contribution is 2.29. The summed E-state index contributed by atoms with van der Waals surface area (Å²) < 4.78 is 10.3. The highest BCUT2D eigenvalue weighted by Gasteiger charge is 2.19. The zero-order valence-corrected chi connectivity index (χ0v) is 15.1. The number of nitrogens with zero attached hydrogens (tertiary/aromatic N) is 2. The number of rotatable bonds is 6. The number of carbonyl (C=O) groups excluding carboxylic acids is 1. The highest BCUT2D eigenvalue weighted by atomic mass is 35.5. The summed E-state index contributed by atoms with van der Waals surface area (Å²) in [6.45, 7) is 0. The molecule has 2 rings (SSSR count). The van der Waals surface area contributed by atoms with Crippen molar-refractivity contribution < 1.29 is 19.2 Å². The lowest BCUT2D eigenvalue weighted by Gasteiger charge is -2.09. The number of halogens is 1. The van der Waals surface area contributed by atoms with Crippen LogP contribution in [0, 0.1) is 21.4 Å². The fourth-order valence-corrected chi connectivity index (χ4v) is 2.37. The molecule has 0 saturated carbocycles. The Balaban J connectivity index is 2.39. The first kappa shape index (κ1) is 19.8. The van der Waals surface area contributed by atoms with E-state index in [1.54, 1.807) is 24.3 Å². The summed E-state index contributed by atoms with van der Waals surface area (Å²) in [5.74, 6) is 0.120. The molecule has 0 unspecified atom stereocenters. The number of hydrogen-bond acceptors (Lipinski definition) is 6. The van der Waals surface area contributed by atoms with Crippen LogP contribution in [0.25, 0.3) is 6.08 Å². The van der Waals surface area contributed by atoms with Gasteiger partial charge in [0.15, 0.2) is 0 Å². The van der Waals surface area contributed by atoms with Crippen LogP contribution in [0.5, 0.6) is 11.5 Å². The van der Waals surface area contributed by atoms with Crippen LogP contribution in [0.3, 0.4) is 0 Å². The van der Waals surface area contributed by atoms with Gasteiger partial charge in [-0.1, -0.05) is 11.6 Å². The Morgan fingerprint density at radius 2 is 2.00 bits per heavy atom. The summed E-state index contributed by atoms with van der Waals surface area (Å²) in [5, 5.41) is 23.0. The number of ether oxygens (including phenoxy) is 2. The van der Waals surface area contributed by atoms with E-state index in [-0.39, 0.29) is 22.0 Å². The summed E-state index contributed by atoms with van der Waals surface area (Å²) in [6, 6.07) is 10.5. The van der Waals surface area contributed by atoms with Gasteiger partial charge in [-0.05, 0) is 36.4 Å². The molecule has 0 aromatic heterocycles. The van der Waals surface area contributed by atoms with Crippen molar-refractivity contribution in [3.63, 3.8) is 0 Å². The van der Waals surface area contributed by atoms with E-state index in [1.165, 1.54) is 32.4 Å². The zero-order chi connectivity index (χ0) is 20.0. The number of carbonyl (C=O) groups is 1. The van der Waals surface area contributed by atoms with Crippen molar-refractivity contribution in [1.82, 2.24) is 0 Å². The third-order valence-corrected chi connectivity index (χ3v) is 3.74. The van der Waals surface area contributed by atoms with E-state index in [0.29, 0.717) is 17.1 Å². The normalized spacial score (nSPS) is 10.7. The molecule has 0 aliphatic heterocycles. The zero-order valence-electron chi connectivity index (χ0n) is 14.4. The second kappa shape index (κ2) is 8.69. The maximum absolute atomic E-state index is 12.4. The molecule has 9 heteroatoms. The van der Waals surface area contributed by atoms with Crippen LogP contribution in [-0.2, 0) is 4.79 Å². The van der Waals surface area contributed by atoms with Crippen molar-refractivity contribution >= 4 is 35.0 Å². The minimum absolute atomic E-state index is 0.0758. The van der Waals surface area contributed by atoms with Gasteiger partial charge in [-0.3, -0.25) is 14.9 Å². The van der Waals surface area contributed by atoms with Crippen molar-refractivity contribution in [1.29, 1.82) is 5.26 Å². The fourth-order valence-electron chi connectivity index (χ4n) is 2.21. The molecule has 2 aromatic carbocycles. The van der Waals surface area contributed by atoms with Crippen molar-refractivity contribution in [2.24, 2.45) is 0 Å².